The molecule has 0 spiro atoms. The number of fused-ring (bicyclic) bond motifs is 1. The van der Waals surface area contributed by atoms with E-state index in [0.29, 0.717) is 6.61 Å². The third-order valence-electron chi connectivity index (χ3n) is 1.80. The van der Waals surface area contributed by atoms with E-state index in [2.05, 4.69) is 9.97 Å². The van der Waals surface area contributed by atoms with Gasteiger partial charge >= 0.3 is 0 Å². The molecule has 0 aliphatic rings. The summed E-state index contributed by atoms with van der Waals surface area (Å²) in [5.74, 6) is 0.812. The number of para-hydroxylation sites is 2. The van der Waals surface area contributed by atoms with Crippen LogP contribution in [-0.2, 0) is 11.3 Å². The first-order chi connectivity index (χ1) is 6.40. The molecule has 0 bridgehead atoms. The van der Waals surface area contributed by atoms with Crippen LogP contribution in [0.25, 0.3) is 11.0 Å². The maximum absolute atomic E-state index is 5.21. The van der Waals surface area contributed by atoms with Crippen molar-refractivity contribution in [2.45, 2.75) is 6.61 Å². The molecular weight excluding hydrogens is 166 g/mol. The van der Waals surface area contributed by atoms with Crippen LogP contribution in [0, 0.1) is 0 Å². The van der Waals surface area contributed by atoms with Crippen molar-refractivity contribution in [3.8, 4) is 0 Å². The molecule has 1 aromatic heterocycles. The summed E-state index contributed by atoms with van der Waals surface area (Å²) in [4.78, 5) is 7.45. The molecule has 68 valence electrons. The highest BCUT2D eigenvalue weighted by atomic mass is 16.5. The minimum atomic E-state index is 0.219. The van der Waals surface area contributed by atoms with Gasteiger partial charge in [-0.2, -0.15) is 0 Å². The molecule has 2 aromatic rings. The lowest BCUT2D eigenvalue weighted by molar-refractivity contribution is 0.122. The van der Waals surface area contributed by atoms with Gasteiger partial charge in [0.25, 0.3) is 0 Å². The Hall–Kier alpha value is -1.39. The second kappa shape index (κ2) is 3.55. The van der Waals surface area contributed by atoms with E-state index in [1.165, 1.54) is 0 Å². The normalized spacial score (nSPS) is 10.8. The van der Waals surface area contributed by atoms with Crippen LogP contribution < -0.4 is 5.73 Å². The largest absolute Gasteiger partial charge is 0.359 e. The Morgan fingerprint density at radius 1 is 1.38 bits per heavy atom. The van der Waals surface area contributed by atoms with E-state index in [9.17, 15) is 0 Å². The van der Waals surface area contributed by atoms with E-state index >= 15 is 0 Å². The van der Waals surface area contributed by atoms with Crippen molar-refractivity contribution in [3.63, 3.8) is 0 Å². The zero-order chi connectivity index (χ0) is 9.10. The predicted molar refractivity (Wildman–Crippen MR) is 49.9 cm³/mol. The Balaban J connectivity index is 2.28. The molecule has 0 atom stereocenters. The van der Waals surface area contributed by atoms with Gasteiger partial charge in [-0.3, -0.25) is 0 Å². The molecule has 4 heteroatoms. The van der Waals surface area contributed by atoms with Gasteiger partial charge in [0.2, 0.25) is 0 Å². The smallest absolute Gasteiger partial charge is 0.133 e. The monoisotopic (exact) mass is 177 g/mol. The third kappa shape index (κ3) is 1.68. The van der Waals surface area contributed by atoms with Gasteiger partial charge in [0.1, 0.15) is 12.4 Å². The van der Waals surface area contributed by atoms with Gasteiger partial charge in [0.15, 0.2) is 0 Å². The van der Waals surface area contributed by atoms with Crippen LogP contribution in [0.3, 0.4) is 0 Å². The SMILES string of the molecule is NCOCc1nc2ccccc2[nH]1. The van der Waals surface area contributed by atoms with Crippen LogP contribution in [0.15, 0.2) is 24.3 Å². The summed E-state index contributed by atoms with van der Waals surface area (Å²) < 4.78 is 5.03. The maximum Gasteiger partial charge on any atom is 0.133 e. The molecule has 0 aliphatic carbocycles. The highest BCUT2D eigenvalue weighted by Gasteiger charge is 2.00. The highest BCUT2D eigenvalue weighted by Crippen LogP contribution is 2.10. The van der Waals surface area contributed by atoms with Crippen LogP contribution in [-0.4, -0.2) is 16.7 Å². The van der Waals surface area contributed by atoms with Crippen LogP contribution in [0.1, 0.15) is 5.82 Å². The van der Waals surface area contributed by atoms with E-state index < -0.39 is 0 Å². The number of ether oxygens (including phenoxy) is 1. The van der Waals surface area contributed by atoms with Gasteiger partial charge in [-0.05, 0) is 12.1 Å². The number of benzene rings is 1. The van der Waals surface area contributed by atoms with Crippen molar-refractivity contribution in [1.82, 2.24) is 9.97 Å². The first kappa shape index (κ1) is 8.22. The number of imidazole rings is 1. The minimum Gasteiger partial charge on any atom is -0.359 e. The zero-order valence-electron chi connectivity index (χ0n) is 7.16. The molecule has 0 saturated heterocycles. The number of nitrogens with one attached hydrogen (secondary N) is 1. The Morgan fingerprint density at radius 3 is 3.00 bits per heavy atom. The molecule has 13 heavy (non-hydrogen) atoms. The fourth-order valence-corrected chi connectivity index (χ4v) is 1.23. The van der Waals surface area contributed by atoms with Crippen LogP contribution in [0.4, 0.5) is 0 Å². The number of aromatic nitrogens is 2. The van der Waals surface area contributed by atoms with Crippen LogP contribution >= 0.6 is 0 Å². The molecule has 0 aliphatic heterocycles. The summed E-state index contributed by atoms with van der Waals surface area (Å²) in [6.45, 7) is 0.655. The molecule has 0 fully saturated rings. The number of nitrogens with two attached hydrogens (primary N) is 1. The van der Waals surface area contributed by atoms with Gasteiger partial charge in [-0.25, -0.2) is 4.98 Å². The van der Waals surface area contributed by atoms with Crippen molar-refractivity contribution in [1.29, 1.82) is 0 Å². The summed E-state index contributed by atoms with van der Waals surface area (Å²) in [6, 6.07) is 7.86. The van der Waals surface area contributed by atoms with E-state index in [-0.39, 0.29) is 6.73 Å². The quantitative estimate of drug-likeness (QED) is 0.687. The van der Waals surface area contributed by atoms with E-state index in [1.54, 1.807) is 0 Å². The lowest BCUT2D eigenvalue weighted by Crippen LogP contribution is -2.04. The van der Waals surface area contributed by atoms with Gasteiger partial charge < -0.3 is 15.5 Å². The Labute approximate surface area is 75.7 Å². The van der Waals surface area contributed by atoms with Crippen LogP contribution in [0.5, 0.6) is 0 Å². The van der Waals surface area contributed by atoms with E-state index in [0.717, 1.165) is 16.9 Å². The zero-order valence-corrected chi connectivity index (χ0v) is 7.16. The number of aromatic amines is 1. The van der Waals surface area contributed by atoms with Gasteiger partial charge in [-0.1, -0.05) is 12.1 Å². The second-order valence-electron chi connectivity index (χ2n) is 2.72. The summed E-state index contributed by atoms with van der Waals surface area (Å²) in [6.07, 6.45) is 0. The standard InChI is InChI=1S/C9H11N3O/c10-6-13-5-9-11-7-3-1-2-4-8(7)12-9/h1-4H,5-6,10H2,(H,11,12). The molecule has 3 N–H and O–H groups in total. The average Bonchev–Trinajstić information content (AvgIpc) is 2.57. The third-order valence-corrected chi connectivity index (χ3v) is 1.80. The number of rotatable bonds is 3. The molecule has 1 heterocycles. The Morgan fingerprint density at radius 2 is 2.23 bits per heavy atom. The number of H-pyrrole nitrogens is 1. The first-order valence-electron chi connectivity index (χ1n) is 4.11. The Bertz CT molecular complexity index is 363. The summed E-state index contributed by atoms with van der Waals surface area (Å²) in [7, 11) is 0. The van der Waals surface area contributed by atoms with Crippen molar-refractivity contribution in [3.05, 3.63) is 30.1 Å². The highest BCUT2D eigenvalue weighted by molar-refractivity contribution is 5.74. The number of hydrogen-bond acceptors (Lipinski definition) is 3. The first-order valence-corrected chi connectivity index (χ1v) is 4.11. The van der Waals surface area contributed by atoms with Gasteiger partial charge in [0, 0.05) is 0 Å². The molecule has 0 unspecified atom stereocenters. The average molecular weight is 177 g/mol. The lowest BCUT2D eigenvalue weighted by Gasteiger charge is -1.94. The molecule has 1 aromatic carbocycles. The van der Waals surface area contributed by atoms with Crippen molar-refractivity contribution >= 4 is 11.0 Å². The summed E-state index contributed by atoms with van der Waals surface area (Å²) in [5.41, 5.74) is 7.19. The lowest BCUT2D eigenvalue weighted by atomic mass is 10.3. The van der Waals surface area contributed by atoms with Crippen molar-refractivity contribution in [2.24, 2.45) is 5.73 Å². The number of nitrogens with zero attached hydrogens (tertiary/aromatic N) is 1. The van der Waals surface area contributed by atoms with Crippen LogP contribution in [0.2, 0.25) is 0 Å². The molecule has 0 radical (unpaired) electrons. The van der Waals surface area contributed by atoms with E-state index in [1.807, 2.05) is 24.3 Å². The fourth-order valence-electron chi connectivity index (χ4n) is 1.23. The van der Waals surface area contributed by atoms with Gasteiger partial charge in [0.05, 0.1) is 17.8 Å². The van der Waals surface area contributed by atoms with Crippen molar-refractivity contribution < 1.29 is 4.74 Å². The molecule has 2 rings (SSSR count). The molecule has 0 amide bonds. The van der Waals surface area contributed by atoms with Gasteiger partial charge in [-0.15, -0.1) is 0 Å². The number of hydrogen-bond donors (Lipinski definition) is 2. The predicted octanol–water partition coefficient (Wildman–Crippen LogP) is 0.996. The molecule has 4 nitrogen and oxygen atoms in total. The topological polar surface area (TPSA) is 63.9 Å². The maximum atomic E-state index is 5.21. The summed E-state index contributed by atoms with van der Waals surface area (Å²) in [5, 5.41) is 0. The summed E-state index contributed by atoms with van der Waals surface area (Å²) >= 11 is 0. The van der Waals surface area contributed by atoms with E-state index in [4.69, 9.17) is 10.5 Å². The molecule has 0 saturated carbocycles. The molecular formula is C9H11N3O. The second-order valence-corrected chi connectivity index (χ2v) is 2.72. The minimum absolute atomic E-state index is 0.219. The Kier molecular flexibility index (Phi) is 2.25. The fraction of sp³-hybridized carbons (Fsp3) is 0.222. The van der Waals surface area contributed by atoms with Crippen molar-refractivity contribution in [2.75, 3.05) is 6.73 Å².